The third kappa shape index (κ3) is 1.28. The van der Waals surface area contributed by atoms with Crippen LogP contribution in [0, 0.1) is 16.2 Å². The predicted molar refractivity (Wildman–Crippen MR) is 66.5 cm³/mol. The second kappa shape index (κ2) is 3.33. The lowest BCUT2D eigenvalue weighted by molar-refractivity contribution is -0.137. The SMILES string of the molecule is CC(C)NC(=O)[C@]12CC[C@](C)(C(=O)C1)C2(C)C. The number of fused-ring (bicyclic) bond motifs is 2. The smallest absolute Gasteiger partial charge is 0.227 e. The molecule has 1 amide bonds. The number of ketones is 1. The van der Waals surface area contributed by atoms with Crippen molar-refractivity contribution in [3.8, 4) is 0 Å². The first-order valence-electron chi connectivity index (χ1n) is 6.52. The number of Topliss-reactive ketones (excluding diaryl/α,β-unsaturated/α-hetero) is 1. The van der Waals surface area contributed by atoms with Gasteiger partial charge in [-0.2, -0.15) is 0 Å². The molecule has 96 valence electrons. The van der Waals surface area contributed by atoms with Crippen molar-refractivity contribution in [1.29, 1.82) is 0 Å². The van der Waals surface area contributed by atoms with E-state index >= 15 is 0 Å². The molecule has 2 atom stereocenters. The number of carbonyl (C=O) groups excluding carboxylic acids is 2. The van der Waals surface area contributed by atoms with Gasteiger partial charge < -0.3 is 5.32 Å². The van der Waals surface area contributed by atoms with Gasteiger partial charge >= 0.3 is 0 Å². The molecule has 2 bridgehead atoms. The number of nitrogens with one attached hydrogen (secondary N) is 1. The molecule has 2 saturated carbocycles. The van der Waals surface area contributed by atoms with Gasteiger partial charge in [0, 0.05) is 17.9 Å². The molecule has 0 aromatic carbocycles. The molecule has 2 aliphatic rings. The van der Waals surface area contributed by atoms with Crippen LogP contribution in [0.25, 0.3) is 0 Å². The highest BCUT2D eigenvalue weighted by Gasteiger charge is 2.72. The van der Waals surface area contributed by atoms with Crippen molar-refractivity contribution in [2.45, 2.75) is 59.9 Å². The summed E-state index contributed by atoms with van der Waals surface area (Å²) >= 11 is 0. The van der Waals surface area contributed by atoms with Crippen LogP contribution in [0.4, 0.5) is 0 Å². The van der Waals surface area contributed by atoms with Gasteiger partial charge in [0.1, 0.15) is 5.78 Å². The lowest BCUT2D eigenvalue weighted by atomic mass is 9.64. The Morgan fingerprint density at radius 2 is 1.82 bits per heavy atom. The summed E-state index contributed by atoms with van der Waals surface area (Å²) in [6.45, 7) is 10.1. The summed E-state index contributed by atoms with van der Waals surface area (Å²) < 4.78 is 0. The minimum absolute atomic E-state index is 0.0760. The molecule has 17 heavy (non-hydrogen) atoms. The van der Waals surface area contributed by atoms with E-state index in [9.17, 15) is 9.59 Å². The Morgan fingerprint density at radius 3 is 2.18 bits per heavy atom. The number of amides is 1. The fourth-order valence-corrected chi connectivity index (χ4v) is 3.76. The van der Waals surface area contributed by atoms with Gasteiger partial charge in [-0.1, -0.05) is 20.8 Å². The molecule has 1 N–H and O–H groups in total. The molecule has 0 radical (unpaired) electrons. The molecule has 0 heterocycles. The van der Waals surface area contributed by atoms with Crippen LogP contribution in [-0.4, -0.2) is 17.7 Å². The van der Waals surface area contributed by atoms with Crippen LogP contribution in [0.5, 0.6) is 0 Å². The molecule has 0 aliphatic heterocycles. The van der Waals surface area contributed by atoms with E-state index < -0.39 is 5.41 Å². The average Bonchev–Trinajstić information content (AvgIpc) is 2.47. The first kappa shape index (κ1) is 12.6. The van der Waals surface area contributed by atoms with E-state index in [1.807, 2.05) is 20.8 Å². The summed E-state index contributed by atoms with van der Waals surface area (Å²) in [5, 5.41) is 3.01. The molecule has 2 rings (SSSR count). The van der Waals surface area contributed by atoms with Gasteiger partial charge in [0.2, 0.25) is 5.91 Å². The van der Waals surface area contributed by atoms with Crippen LogP contribution in [-0.2, 0) is 9.59 Å². The molecule has 3 heteroatoms. The highest BCUT2D eigenvalue weighted by atomic mass is 16.2. The standard InChI is InChI=1S/C14H23NO2/c1-9(2)15-11(17)14-7-6-13(5,10(16)8-14)12(14,3)4/h9H,6-8H2,1-5H3,(H,15,17)/t13-,14+/m1/s1. The van der Waals surface area contributed by atoms with Crippen molar-refractivity contribution in [3.05, 3.63) is 0 Å². The Morgan fingerprint density at radius 1 is 1.24 bits per heavy atom. The number of hydrogen-bond acceptors (Lipinski definition) is 2. The quantitative estimate of drug-likeness (QED) is 0.801. The van der Waals surface area contributed by atoms with Crippen LogP contribution in [0.15, 0.2) is 0 Å². The largest absolute Gasteiger partial charge is 0.353 e. The Balaban J connectivity index is 2.40. The normalized spacial score (nSPS) is 38.8. The van der Waals surface area contributed by atoms with E-state index in [0.717, 1.165) is 12.8 Å². The fourth-order valence-electron chi connectivity index (χ4n) is 3.76. The molecular weight excluding hydrogens is 214 g/mol. The molecule has 0 saturated heterocycles. The second-order valence-electron chi connectivity index (χ2n) is 6.77. The van der Waals surface area contributed by atoms with Crippen molar-refractivity contribution < 1.29 is 9.59 Å². The molecule has 0 unspecified atom stereocenters. The molecule has 0 spiro atoms. The van der Waals surface area contributed by atoms with Gasteiger partial charge in [0.25, 0.3) is 0 Å². The molecule has 0 aromatic rings. The summed E-state index contributed by atoms with van der Waals surface area (Å²) in [5.41, 5.74) is -1.000. The van der Waals surface area contributed by atoms with Gasteiger partial charge in [0.15, 0.2) is 0 Å². The van der Waals surface area contributed by atoms with Crippen molar-refractivity contribution >= 4 is 11.7 Å². The van der Waals surface area contributed by atoms with E-state index in [4.69, 9.17) is 0 Å². The summed E-state index contributed by atoms with van der Waals surface area (Å²) in [6, 6.07) is 0.134. The monoisotopic (exact) mass is 237 g/mol. The summed E-state index contributed by atoms with van der Waals surface area (Å²) in [5.74, 6) is 0.347. The molecular formula is C14H23NO2. The van der Waals surface area contributed by atoms with Gasteiger partial charge in [-0.25, -0.2) is 0 Å². The van der Waals surface area contributed by atoms with Gasteiger partial charge in [0.05, 0.1) is 5.41 Å². The Bertz CT molecular complexity index is 386. The van der Waals surface area contributed by atoms with Crippen LogP contribution < -0.4 is 5.32 Å². The Hall–Kier alpha value is -0.860. The predicted octanol–water partition coefficient (Wildman–Crippen LogP) is 2.30. The lowest BCUT2D eigenvalue weighted by Gasteiger charge is -2.39. The summed E-state index contributed by atoms with van der Waals surface area (Å²) in [7, 11) is 0. The lowest BCUT2D eigenvalue weighted by Crippen LogP contribution is -2.48. The topological polar surface area (TPSA) is 46.2 Å². The average molecular weight is 237 g/mol. The van der Waals surface area contributed by atoms with Crippen molar-refractivity contribution in [2.24, 2.45) is 16.2 Å². The van der Waals surface area contributed by atoms with Crippen LogP contribution >= 0.6 is 0 Å². The van der Waals surface area contributed by atoms with Gasteiger partial charge in [-0.3, -0.25) is 9.59 Å². The first-order chi connectivity index (χ1) is 7.67. The zero-order valence-electron chi connectivity index (χ0n) is 11.5. The minimum Gasteiger partial charge on any atom is -0.353 e. The number of hydrogen-bond donors (Lipinski definition) is 1. The Labute approximate surface area is 103 Å². The van der Waals surface area contributed by atoms with E-state index in [2.05, 4.69) is 19.2 Å². The van der Waals surface area contributed by atoms with Gasteiger partial charge in [-0.15, -0.1) is 0 Å². The van der Waals surface area contributed by atoms with Crippen molar-refractivity contribution in [3.63, 3.8) is 0 Å². The van der Waals surface area contributed by atoms with E-state index in [1.165, 1.54) is 0 Å². The zero-order valence-corrected chi connectivity index (χ0v) is 11.5. The zero-order chi connectivity index (χ0) is 13.1. The highest BCUT2D eigenvalue weighted by Crippen LogP contribution is 2.70. The molecule has 2 aliphatic carbocycles. The van der Waals surface area contributed by atoms with Crippen LogP contribution in [0.1, 0.15) is 53.9 Å². The highest BCUT2D eigenvalue weighted by molar-refractivity contribution is 5.99. The second-order valence-corrected chi connectivity index (χ2v) is 6.77. The maximum Gasteiger partial charge on any atom is 0.227 e. The molecule has 0 aromatic heterocycles. The first-order valence-corrected chi connectivity index (χ1v) is 6.52. The number of carbonyl (C=O) groups is 2. The summed E-state index contributed by atoms with van der Waals surface area (Å²) in [6.07, 6.45) is 2.13. The van der Waals surface area contributed by atoms with Crippen molar-refractivity contribution in [1.82, 2.24) is 5.32 Å². The fraction of sp³-hybridized carbons (Fsp3) is 0.857. The maximum atomic E-state index is 12.5. The maximum absolute atomic E-state index is 12.5. The summed E-state index contributed by atoms with van der Waals surface area (Å²) in [4.78, 5) is 24.7. The third-order valence-electron chi connectivity index (χ3n) is 5.56. The molecule has 3 nitrogen and oxygen atoms in total. The number of rotatable bonds is 2. The Kier molecular flexibility index (Phi) is 2.47. The minimum atomic E-state index is -0.469. The van der Waals surface area contributed by atoms with Crippen molar-refractivity contribution in [2.75, 3.05) is 0 Å². The van der Waals surface area contributed by atoms with E-state index in [0.29, 0.717) is 6.42 Å². The van der Waals surface area contributed by atoms with E-state index in [-0.39, 0.29) is 28.6 Å². The third-order valence-corrected chi connectivity index (χ3v) is 5.56. The van der Waals surface area contributed by atoms with Gasteiger partial charge in [-0.05, 0) is 32.1 Å². The van der Waals surface area contributed by atoms with Crippen LogP contribution in [0.2, 0.25) is 0 Å². The molecule has 2 fully saturated rings. The van der Waals surface area contributed by atoms with E-state index in [1.54, 1.807) is 0 Å². The van der Waals surface area contributed by atoms with Crippen LogP contribution in [0.3, 0.4) is 0 Å².